The van der Waals surface area contributed by atoms with Crippen molar-refractivity contribution >= 4 is 45.8 Å². The summed E-state index contributed by atoms with van der Waals surface area (Å²) < 4.78 is 16.0. The monoisotopic (exact) mass is 369 g/mol. The zero-order valence-corrected chi connectivity index (χ0v) is 14.6. The number of fused-ring (bicyclic) bond motifs is 1. The molecule has 0 saturated carbocycles. The fraction of sp³-hybridized carbons (Fsp3) is 0.0526. The van der Waals surface area contributed by atoms with Gasteiger partial charge in [0, 0.05) is 33.2 Å². The zero-order chi connectivity index (χ0) is 18.0. The second kappa shape index (κ2) is 7.06. The molecule has 0 aliphatic rings. The third-order valence-corrected chi connectivity index (χ3v) is 4.47. The second-order valence-corrected chi connectivity index (χ2v) is 6.31. The summed E-state index contributed by atoms with van der Waals surface area (Å²) in [6.07, 6.45) is 3.48. The molecule has 0 saturated heterocycles. The highest BCUT2D eigenvalue weighted by atomic mass is 35.5. The molecule has 0 unspecified atom stereocenters. The molecule has 0 aliphatic heterocycles. The van der Waals surface area contributed by atoms with E-state index in [0.29, 0.717) is 10.6 Å². The van der Waals surface area contributed by atoms with Gasteiger partial charge in [0.2, 0.25) is 0 Å². The van der Waals surface area contributed by atoms with Gasteiger partial charge in [0.05, 0.1) is 12.1 Å². The van der Waals surface area contributed by atoms with Crippen molar-refractivity contribution in [2.24, 2.45) is 5.73 Å². The van der Waals surface area contributed by atoms with E-state index in [1.54, 1.807) is 18.2 Å². The number of hydrogen-bond acceptors (Lipinski definition) is 2. The van der Waals surface area contributed by atoms with Crippen LogP contribution in [0.1, 0.15) is 11.1 Å². The lowest BCUT2D eigenvalue weighted by atomic mass is 10.1. The number of nitriles is 1. The Labute approximate surface area is 154 Å². The van der Waals surface area contributed by atoms with Gasteiger partial charge < -0.3 is 10.3 Å². The Balaban J connectivity index is 2.15. The molecule has 0 spiro atoms. The summed E-state index contributed by atoms with van der Waals surface area (Å²) in [5.74, 6) is -0.358. The van der Waals surface area contributed by atoms with E-state index in [2.05, 4.69) is 0 Å². The Hall–Kier alpha value is -2.68. The number of thiocarbonyl (C=S) groups is 1. The summed E-state index contributed by atoms with van der Waals surface area (Å²) in [7, 11) is 0. The molecule has 2 N–H and O–H groups in total. The molecule has 124 valence electrons. The number of para-hydroxylation sites is 1. The van der Waals surface area contributed by atoms with E-state index in [-0.39, 0.29) is 22.9 Å². The molecule has 0 amide bonds. The number of nitrogens with zero attached hydrogens (tertiary/aromatic N) is 2. The van der Waals surface area contributed by atoms with Gasteiger partial charge in [0.1, 0.15) is 16.9 Å². The maximum atomic E-state index is 14.1. The van der Waals surface area contributed by atoms with Crippen LogP contribution >= 0.6 is 23.8 Å². The molecule has 0 fully saturated rings. The van der Waals surface area contributed by atoms with Crippen LogP contribution in [-0.2, 0) is 6.54 Å². The van der Waals surface area contributed by atoms with Crippen molar-refractivity contribution in [1.29, 1.82) is 5.26 Å². The summed E-state index contributed by atoms with van der Waals surface area (Å²) in [5, 5.41) is 10.5. The van der Waals surface area contributed by atoms with E-state index in [0.717, 1.165) is 16.5 Å². The lowest BCUT2D eigenvalue weighted by Crippen LogP contribution is -2.09. The van der Waals surface area contributed by atoms with Gasteiger partial charge in [-0.1, -0.05) is 48.1 Å². The molecular formula is C19H13ClFN3S. The van der Waals surface area contributed by atoms with Crippen molar-refractivity contribution in [1.82, 2.24) is 4.57 Å². The highest BCUT2D eigenvalue weighted by Gasteiger charge is 2.12. The number of benzene rings is 2. The zero-order valence-electron chi connectivity index (χ0n) is 13.0. The maximum absolute atomic E-state index is 14.1. The molecule has 3 nitrogen and oxygen atoms in total. The van der Waals surface area contributed by atoms with Gasteiger partial charge in [-0.25, -0.2) is 4.39 Å². The van der Waals surface area contributed by atoms with Crippen molar-refractivity contribution < 1.29 is 4.39 Å². The van der Waals surface area contributed by atoms with Gasteiger partial charge >= 0.3 is 0 Å². The number of aromatic nitrogens is 1. The number of nitrogens with two attached hydrogens (primary N) is 1. The molecule has 3 rings (SSSR count). The SMILES string of the molecule is N#CC(=Cc1cn(Cc2c(F)cccc2Cl)c2ccccc12)C(N)=S. The Morgan fingerprint density at radius 3 is 2.72 bits per heavy atom. The fourth-order valence-corrected chi connectivity index (χ4v) is 3.02. The molecule has 1 aromatic heterocycles. The van der Waals surface area contributed by atoms with Crippen molar-refractivity contribution in [3.05, 3.63) is 76.2 Å². The highest BCUT2D eigenvalue weighted by molar-refractivity contribution is 7.80. The van der Waals surface area contributed by atoms with Crippen LogP contribution in [0, 0.1) is 17.1 Å². The van der Waals surface area contributed by atoms with Crippen molar-refractivity contribution in [3.8, 4) is 6.07 Å². The number of rotatable bonds is 4. The quantitative estimate of drug-likeness (QED) is 0.413. The van der Waals surface area contributed by atoms with E-state index < -0.39 is 0 Å². The minimum Gasteiger partial charge on any atom is -0.389 e. The van der Waals surface area contributed by atoms with Crippen LogP contribution in [0.5, 0.6) is 0 Å². The smallest absolute Gasteiger partial charge is 0.129 e. The lowest BCUT2D eigenvalue weighted by Gasteiger charge is -2.08. The largest absolute Gasteiger partial charge is 0.389 e. The Bertz CT molecular complexity index is 1030. The molecule has 0 aliphatic carbocycles. The first-order valence-electron chi connectivity index (χ1n) is 7.43. The van der Waals surface area contributed by atoms with Crippen molar-refractivity contribution in [2.45, 2.75) is 6.54 Å². The first-order chi connectivity index (χ1) is 12.0. The van der Waals surface area contributed by atoms with E-state index in [4.69, 9.17) is 29.6 Å². The molecule has 0 bridgehead atoms. The van der Waals surface area contributed by atoms with Crippen LogP contribution < -0.4 is 5.73 Å². The Morgan fingerprint density at radius 2 is 2.04 bits per heavy atom. The van der Waals surface area contributed by atoms with Gasteiger partial charge in [-0.2, -0.15) is 5.26 Å². The maximum Gasteiger partial charge on any atom is 0.129 e. The molecule has 25 heavy (non-hydrogen) atoms. The fourth-order valence-electron chi connectivity index (χ4n) is 2.69. The Kier molecular flexibility index (Phi) is 4.84. The van der Waals surface area contributed by atoms with Crippen LogP contribution in [0.3, 0.4) is 0 Å². The average Bonchev–Trinajstić information content (AvgIpc) is 2.93. The van der Waals surface area contributed by atoms with Gasteiger partial charge in [0.15, 0.2) is 0 Å². The van der Waals surface area contributed by atoms with Gasteiger partial charge in [-0.3, -0.25) is 0 Å². The topological polar surface area (TPSA) is 54.7 Å². The van der Waals surface area contributed by atoms with E-state index in [1.807, 2.05) is 41.1 Å². The summed E-state index contributed by atoms with van der Waals surface area (Å²) in [6, 6.07) is 14.3. The molecule has 0 atom stereocenters. The lowest BCUT2D eigenvalue weighted by molar-refractivity contribution is 0.602. The third-order valence-electron chi connectivity index (χ3n) is 3.90. The molecular weight excluding hydrogens is 357 g/mol. The minimum atomic E-state index is -0.358. The number of hydrogen-bond donors (Lipinski definition) is 1. The molecule has 2 aromatic carbocycles. The molecule has 0 radical (unpaired) electrons. The van der Waals surface area contributed by atoms with Crippen LogP contribution in [-0.4, -0.2) is 9.56 Å². The predicted molar refractivity (Wildman–Crippen MR) is 103 cm³/mol. The van der Waals surface area contributed by atoms with Crippen LogP contribution in [0.15, 0.2) is 54.2 Å². The standard InChI is InChI=1S/C19H13ClFN3S/c20-16-5-3-6-17(21)15(16)11-24-10-13(8-12(9-22)19(23)25)14-4-1-2-7-18(14)24/h1-8,10H,11H2,(H2,23,25). The summed E-state index contributed by atoms with van der Waals surface area (Å²) in [6.45, 7) is 0.273. The van der Waals surface area contributed by atoms with E-state index in [9.17, 15) is 9.65 Å². The van der Waals surface area contributed by atoms with E-state index >= 15 is 0 Å². The van der Waals surface area contributed by atoms with Gasteiger partial charge in [0.25, 0.3) is 0 Å². The van der Waals surface area contributed by atoms with Crippen molar-refractivity contribution in [3.63, 3.8) is 0 Å². The summed E-state index contributed by atoms with van der Waals surface area (Å²) in [4.78, 5) is 0.0384. The molecule has 1 heterocycles. The highest BCUT2D eigenvalue weighted by Crippen LogP contribution is 2.27. The number of halogens is 2. The summed E-state index contributed by atoms with van der Waals surface area (Å²) in [5.41, 5.74) is 7.89. The second-order valence-electron chi connectivity index (χ2n) is 5.46. The minimum absolute atomic E-state index is 0.0384. The summed E-state index contributed by atoms with van der Waals surface area (Å²) >= 11 is 11.0. The average molecular weight is 370 g/mol. The first kappa shape index (κ1) is 17.2. The van der Waals surface area contributed by atoms with Crippen LogP contribution in [0.2, 0.25) is 5.02 Å². The van der Waals surface area contributed by atoms with Crippen molar-refractivity contribution in [2.75, 3.05) is 0 Å². The Morgan fingerprint density at radius 1 is 1.28 bits per heavy atom. The van der Waals surface area contributed by atoms with E-state index in [1.165, 1.54) is 6.07 Å². The third kappa shape index (κ3) is 3.41. The molecule has 6 heteroatoms. The normalized spacial score (nSPS) is 11.5. The van der Waals surface area contributed by atoms with Gasteiger partial charge in [-0.05, 0) is 24.3 Å². The molecule has 3 aromatic rings. The van der Waals surface area contributed by atoms with Crippen LogP contribution in [0.4, 0.5) is 4.39 Å². The predicted octanol–water partition coefficient (Wildman–Crippen LogP) is 4.68. The first-order valence-corrected chi connectivity index (χ1v) is 8.22. The van der Waals surface area contributed by atoms with Crippen LogP contribution in [0.25, 0.3) is 17.0 Å². The van der Waals surface area contributed by atoms with Gasteiger partial charge in [-0.15, -0.1) is 0 Å².